The van der Waals surface area contributed by atoms with Crippen molar-refractivity contribution in [1.82, 2.24) is 9.88 Å². The predicted octanol–water partition coefficient (Wildman–Crippen LogP) is 1.71. The Balaban J connectivity index is 2.20. The quantitative estimate of drug-likeness (QED) is 0.738. The van der Waals surface area contributed by atoms with Gasteiger partial charge in [-0.15, -0.1) is 0 Å². The molecule has 0 atom stereocenters. The van der Waals surface area contributed by atoms with Crippen molar-refractivity contribution in [2.75, 3.05) is 32.5 Å². The molecule has 1 aromatic rings. The number of hydrogen-bond donors (Lipinski definition) is 1. The predicted molar refractivity (Wildman–Crippen MR) is 65.2 cm³/mol. The van der Waals surface area contributed by atoms with E-state index >= 15 is 0 Å². The molecule has 0 amide bonds. The van der Waals surface area contributed by atoms with Crippen LogP contribution in [0.15, 0.2) is 18.3 Å². The molecule has 0 unspecified atom stereocenters. The van der Waals surface area contributed by atoms with Gasteiger partial charge >= 0.3 is 0 Å². The van der Waals surface area contributed by atoms with Gasteiger partial charge in [0.2, 0.25) is 0 Å². The zero-order valence-electron chi connectivity index (χ0n) is 9.90. The molecule has 1 heterocycles. The normalized spacial score (nSPS) is 10.1. The van der Waals surface area contributed by atoms with Crippen molar-refractivity contribution in [3.63, 3.8) is 0 Å². The van der Waals surface area contributed by atoms with E-state index in [1.807, 2.05) is 12.1 Å². The fourth-order valence-electron chi connectivity index (χ4n) is 1.35. The van der Waals surface area contributed by atoms with Gasteiger partial charge in [-0.2, -0.15) is 5.26 Å². The van der Waals surface area contributed by atoms with E-state index in [0.29, 0.717) is 5.69 Å². The highest BCUT2D eigenvalue weighted by Gasteiger charge is 1.94. The molecule has 0 fully saturated rings. The molecule has 86 valence electrons. The van der Waals surface area contributed by atoms with Gasteiger partial charge < -0.3 is 10.2 Å². The van der Waals surface area contributed by atoms with Gasteiger partial charge in [0.25, 0.3) is 0 Å². The van der Waals surface area contributed by atoms with Crippen LogP contribution >= 0.6 is 0 Å². The maximum atomic E-state index is 8.59. The van der Waals surface area contributed by atoms with Gasteiger partial charge in [-0.25, -0.2) is 4.98 Å². The zero-order chi connectivity index (χ0) is 11.8. The van der Waals surface area contributed by atoms with Gasteiger partial charge in [0.05, 0.1) is 11.9 Å². The summed E-state index contributed by atoms with van der Waals surface area (Å²) in [5.74, 6) is 0. The minimum atomic E-state index is 0.457. The lowest BCUT2D eigenvalue weighted by molar-refractivity contribution is 0.396. The van der Waals surface area contributed by atoms with Crippen LogP contribution in [0.4, 0.5) is 5.69 Å². The third kappa shape index (κ3) is 4.76. The molecule has 0 saturated carbocycles. The van der Waals surface area contributed by atoms with Crippen molar-refractivity contribution in [2.24, 2.45) is 0 Å². The first kappa shape index (κ1) is 12.5. The lowest BCUT2D eigenvalue weighted by Gasteiger charge is -2.09. The molecule has 0 aliphatic carbocycles. The smallest absolute Gasteiger partial charge is 0.140 e. The van der Waals surface area contributed by atoms with E-state index in [-0.39, 0.29) is 0 Å². The van der Waals surface area contributed by atoms with E-state index in [4.69, 9.17) is 5.26 Å². The molecule has 0 saturated heterocycles. The SMILES string of the molecule is CN(C)CCCCNc1ccc(C#N)nc1. The van der Waals surface area contributed by atoms with Crippen LogP contribution in [-0.4, -0.2) is 37.1 Å². The van der Waals surface area contributed by atoms with Crippen molar-refractivity contribution in [3.8, 4) is 6.07 Å². The first-order valence-electron chi connectivity index (χ1n) is 5.47. The van der Waals surface area contributed by atoms with Crippen LogP contribution in [-0.2, 0) is 0 Å². The van der Waals surface area contributed by atoms with Crippen LogP contribution in [0, 0.1) is 11.3 Å². The highest BCUT2D eigenvalue weighted by Crippen LogP contribution is 2.05. The number of unbranched alkanes of at least 4 members (excludes halogenated alkanes) is 1. The summed E-state index contributed by atoms with van der Waals surface area (Å²) in [5.41, 5.74) is 1.43. The van der Waals surface area contributed by atoms with Gasteiger partial charge in [0.15, 0.2) is 0 Å². The van der Waals surface area contributed by atoms with Crippen LogP contribution in [0.1, 0.15) is 18.5 Å². The lowest BCUT2D eigenvalue weighted by atomic mass is 10.3. The van der Waals surface area contributed by atoms with Crippen LogP contribution < -0.4 is 5.32 Å². The second-order valence-electron chi connectivity index (χ2n) is 3.98. The van der Waals surface area contributed by atoms with Gasteiger partial charge in [-0.1, -0.05) is 0 Å². The van der Waals surface area contributed by atoms with Gasteiger partial charge in [-0.05, 0) is 45.6 Å². The molecular formula is C12H18N4. The van der Waals surface area contributed by atoms with Crippen molar-refractivity contribution in [1.29, 1.82) is 5.26 Å². The van der Waals surface area contributed by atoms with Crippen LogP contribution in [0.2, 0.25) is 0 Å². The number of hydrogen-bond acceptors (Lipinski definition) is 4. The molecule has 0 aliphatic heterocycles. The highest BCUT2D eigenvalue weighted by molar-refractivity contribution is 5.42. The van der Waals surface area contributed by atoms with Gasteiger partial charge in [0.1, 0.15) is 11.8 Å². The monoisotopic (exact) mass is 218 g/mol. The molecule has 1 rings (SSSR count). The standard InChI is InChI=1S/C12H18N4/c1-16(2)8-4-3-7-14-12-6-5-11(9-13)15-10-12/h5-6,10,14H,3-4,7-8H2,1-2H3. The second-order valence-corrected chi connectivity index (χ2v) is 3.98. The molecule has 0 radical (unpaired) electrons. The van der Waals surface area contributed by atoms with E-state index < -0.39 is 0 Å². The highest BCUT2D eigenvalue weighted by atomic mass is 15.0. The summed E-state index contributed by atoms with van der Waals surface area (Å²) < 4.78 is 0. The average molecular weight is 218 g/mol. The third-order valence-corrected chi connectivity index (χ3v) is 2.24. The fraction of sp³-hybridized carbons (Fsp3) is 0.500. The van der Waals surface area contributed by atoms with Crippen molar-refractivity contribution in [3.05, 3.63) is 24.0 Å². The number of nitriles is 1. The molecule has 1 N–H and O–H groups in total. The Bertz CT molecular complexity index is 337. The third-order valence-electron chi connectivity index (χ3n) is 2.24. The number of rotatable bonds is 6. The Morgan fingerprint density at radius 2 is 2.19 bits per heavy atom. The topological polar surface area (TPSA) is 52.0 Å². The molecular weight excluding hydrogens is 200 g/mol. The second kappa shape index (κ2) is 6.81. The van der Waals surface area contributed by atoms with Crippen molar-refractivity contribution >= 4 is 5.69 Å². The summed E-state index contributed by atoms with van der Waals surface area (Å²) in [5, 5.41) is 11.9. The fourth-order valence-corrected chi connectivity index (χ4v) is 1.35. The number of nitrogens with zero attached hydrogens (tertiary/aromatic N) is 3. The van der Waals surface area contributed by atoms with E-state index in [1.54, 1.807) is 12.3 Å². The van der Waals surface area contributed by atoms with E-state index in [9.17, 15) is 0 Å². The number of aromatic nitrogens is 1. The minimum absolute atomic E-state index is 0.457. The first-order chi connectivity index (χ1) is 7.72. The number of pyridine rings is 1. The van der Waals surface area contributed by atoms with Crippen molar-refractivity contribution < 1.29 is 0 Å². The van der Waals surface area contributed by atoms with Crippen LogP contribution in [0.3, 0.4) is 0 Å². The summed E-state index contributed by atoms with van der Waals surface area (Å²) in [7, 11) is 4.16. The maximum absolute atomic E-state index is 8.59. The van der Waals surface area contributed by atoms with Gasteiger partial charge in [0, 0.05) is 6.54 Å². The lowest BCUT2D eigenvalue weighted by Crippen LogP contribution is -2.14. The molecule has 4 nitrogen and oxygen atoms in total. The Morgan fingerprint density at radius 3 is 2.75 bits per heavy atom. The van der Waals surface area contributed by atoms with E-state index in [1.165, 1.54) is 6.42 Å². The average Bonchev–Trinajstić information content (AvgIpc) is 2.29. The van der Waals surface area contributed by atoms with Crippen LogP contribution in [0.5, 0.6) is 0 Å². The molecule has 0 bridgehead atoms. The Hall–Kier alpha value is -1.60. The van der Waals surface area contributed by atoms with Crippen molar-refractivity contribution in [2.45, 2.75) is 12.8 Å². The van der Waals surface area contributed by atoms with Gasteiger partial charge in [-0.3, -0.25) is 0 Å². The largest absolute Gasteiger partial charge is 0.384 e. The molecule has 0 aromatic carbocycles. The van der Waals surface area contributed by atoms with Crippen LogP contribution in [0.25, 0.3) is 0 Å². The molecule has 0 aliphatic rings. The Kier molecular flexibility index (Phi) is 5.30. The summed E-state index contributed by atoms with van der Waals surface area (Å²) in [4.78, 5) is 6.18. The summed E-state index contributed by atoms with van der Waals surface area (Å²) in [6, 6.07) is 5.61. The minimum Gasteiger partial charge on any atom is -0.384 e. The summed E-state index contributed by atoms with van der Waals surface area (Å²) >= 11 is 0. The summed E-state index contributed by atoms with van der Waals surface area (Å²) in [6.45, 7) is 2.06. The first-order valence-corrected chi connectivity index (χ1v) is 5.47. The molecule has 1 aromatic heterocycles. The Morgan fingerprint density at radius 1 is 1.38 bits per heavy atom. The van der Waals surface area contributed by atoms with E-state index in [2.05, 4.69) is 29.3 Å². The summed E-state index contributed by atoms with van der Waals surface area (Å²) in [6.07, 6.45) is 4.02. The zero-order valence-corrected chi connectivity index (χ0v) is 9.90. The molecule has 4 heteroatoms. The maximum Gasteiger partial charge on any atom is 0.140 e. The Labute approximate surface area is 96.9 Å². The number of anilines is 1. The van der Waals surface area contributed by atoms with E-state index in [0.717, 1.165) is 25.2 Å². The number of nitrogens with one attached hydrogen (secondary N) is 1. The molecule has 0 spiro atoms. The molecule has 16 heavy (non-hydrogen) atoms.